The molecule has 0 aromatic heterocycles. The molecule has 0 aliphatic rings. The average Bonchev–Trinajstić information content (AvgIpc) is 1.98. The highest BCUT2D eigenvalue weighted by molar-refractivity contribution is 4.58. The van der Waals surface area contributed by atoms with E-state index in [-0.39, 0.29) is 25.9 Å². The number of nitrogens with zero attached hydrogens (tertiary/aromatic N) is 1. The van der Waals surface area contributed by atoms with Gasteiger partial charge in [-0.05, 0) is 33.0 Å². The van der Waals surface area contributed by atoms with E-state index in [1.807, 2.05) is 0 Å². The first-order valence-corrected chi connectivity index (χ1v) is 4.92. The predicted molar refractivity (Wildman–Crippen MR) is 48.1 cm³/mol. The fourth-order valence-electron chi connectivity index (χ4n) is 1.21. The molecular formula is C9H15F6N. The van der Waals surface area contributed by atoms with Gasteiger partial charge in [0.1, 0.15) is 0 Å². The first kappa shape index (κ1) is 15.5. The van der Waals surface area contributed by atoms with Crippen LogP contribution in [-0.4, -0.2) is 37.4 Å². The highest BCUT2D eigenvalue weighted by Gasteiger charge is 2.27. The number of hydrogen-bond donors (Lipinski definition) is 0. The minimum atomic E-state index is -4.19. The van der Waals surface area contributed by atoms with E-state index >= 15 is 0 Å². The van der Waals surface area contributed by atoms with E-state index in [0.717, 1.165) is 0 Å². The molecule has 0 aromatic carbocycles. The van der Waals surface area contributed by atoms with Crippen molar-refractivity contribution in [1.82, 2.24) is 4.90 Å². The second kappa shape index (κ2) is 6.32. The highest BCUT2D eigenvalue weighted by Crippen LogP contribution is 2.22. The molecule has 0 N–H and O–H groups in total. The molecule has 1 nitrogen and oxygen atoms in total. The van der Waals surface area contributed by atoms with Gasteiger partial charge >= 0.3 is 12.4 Å². The monoisotopic (exact) mass is 251 g/mol. The Morgan fingerprint density at radius 3 is 1.31 bits per heavy atom. The minimum Gasteiger partial charge on any atom is -0.306 e. The van der Waals surface area contributed by atoms with E-state index < -0.39 is 25.2 Å². The van der Waals surface area contributed by atoms with Crippen molar-refractivity contribution < 1.29 is 26.3 Å². The quantitative estimate of drug-likeness (QED) is 0.652. The molecule has 7 heteroatoms. The second-order valence-corrected chi connectivity index (χ2v) is 3.74. The second-order valence-electron chi connectivity index (χ2n) is 3.74. The Bertz CT molecular complexity index is 165. The molecule has 98 valence electrons. The normalized spacial score (nSPS) is 13.5. The Morgan fingerprint density at radius 2 is 1.06 bits per heavy atom. The average molecular weight is 251 g/mol. The third-order valence-corrected chi connectivity index (χ3v) is 2.00. The summed E-state index contributed by atoms with van der Waals surface area (Å²) in [7, 11) is 1.52. The van der Waals surface area contributed by atoms with Gasteiger partial charge in [-0.15, -0.1) is 0 Å². The van der Waals surface area contributed by atoms with Gasteiger partial charge in [0.25, 0.3) is 0 Å². The molecular weight excluding hydrogens is 236 g/mol. The summed E-state index contributed by atoms with van der Waals surface area (Å²) >= 11 is 0. The van der Waals surface area contributed by atoms with Gasteiger partial charge in [0, 0.05) is 12.8 Å². The maximum absolute atomic E-state index is 11.7. The Kier molecular flexibility index (Phi) is 6.14. The SMILES string of the molecule is CN(CCCC(F)(F)F)CCCC(F)(F)F. The van der Waals surface area contributed by atoms with Crippen LogP contribution in [0.25, 0.3) is 0 Å². The zero-order valence-corrected chi connectivity index (χ0v) is 8.96. The summed E-state index contributed by atoms with van der Waals surface area (Å²) in [6.07, 6.45) is -10.3. The lowest BCUT2D eigenvalue weighted by atomic mass is 10.2. The minimum absolute atomic E-state index is 0.0774. The van der Waals surface area contributed by atoms with Gasteiger partial charge in [-0.1, -0.05) is 0 Å². The third-order valence-electron chi connectivity index (χ3n) is 2.00. The topological polar surface area (TPSA) is 3.24 Å². The van der Waals surface area contributed by atoms with Crippen LogP contribution in [0.1, 0.15) is 25.7 Å². The van der Waals surface area contributed by atoms with Gasteiger partial charge in [0.2, 0.25) is 0 Å². The van der Waals surface area contributed by atoms with Crippen molar-refractivity contribution in [3.05, 3.63) is 0 Å². The number of hydrogen-bond acceptors (Lipinski definition) is 1. The van der Waals surface area contributed by atoms with Gasteiger partial charge in [-0.3, -0.25) is 0 Å². The van der Waals surface area contributed by atoms with Crippen LogP contribution in [0.15, 0.2) is 0 Å². The van der Waals surface area contributed by atoms with E-state index in [0.29, 0.717) is 0 Å². The lowest BCUT2D eigenvalue weighted by molar-refractivity contribution is -0.136. The van der Waals surface area contributed by atoms with Gasteiger partial charge < -0.3 is 4.90 Å². The molecule has 0 saturated carbocycles. The zero-order valence-electron chi connectivity index (χ0n) is 8.96. The van der Waals surface area contributed by atoms with Crippen molar-refractivity contribution in [2.24, 2.45) is 0 Å². The van der Waals surface area contributed by atoms with Crippen molar-refractivity contribution in [2.75, 3.05) is 20.1 Å². The van der Waals surface area contributed by atoms with E-state index in [4.69, 9.17) is 0 Å². The van der Waals surface area contributed by atoms with E-state index in [1.54, 1.807) is 0 Å². The molecule has 0 amide bonds. The Labute approximate surface area is 90.4 Å². The summed E-state index contributed by atoms with van der Waals surface area (Å²) < 4.78 is 70.5. The number of halogens is 6. The maximum atomic E-state index is 11.7. The summed E-state index contributed by atoms with van der Waals surface area (Å²) in [4.78, 5) is 1.48. The van der Waals surface area contributed by atoms with Gasteiger partial charge in [-0.2, -0.15) is 26.3 Å². The first-order chi connectivity index (χ1) is 7.10. The smallest absolute Gasteiger partial charge is 0.306 e. The van der Waals surface area contributed by atoms with Crippen LogP contribution in [0.2, 0.25) is 0 Å². The van der Waals surface area contributed by atoms with E-state index in [2.05, 4.69) is 0 Å². The summed E-state index contributed by atoms with van der Waals surface area (Å²) in [5.41, 5.74) is 0. The molecule has 0 atom stereocenters. The first-order valence-electron chi connectivity index (χ1n) is 4.92. The van der Waals surface area contributed by atoms with Crippen molar-refractivity contribution in [3.8, 4) is 0 Å². The summed E-state index contributed by atoms with van der Waals surface area (Å²) in [6, 6.07) is 0. The molecule has 16 heavy (non-hydrogen) atoms. The van der Waals surface area contributed by atoms with Crippen LogP contribution >= 0.6 is 0 Å². The van der Waals surface area contributed by atoms with Gasteiger partial charge in [0.15, 0.2) is 0 Å². The molecule has 0 rings (SSSR count). The van der Waals surface area contributed by atoms with Crippen LogP contribution in [0.5, 0.6) is 0 Å². The lowest BCUT2D eigenvalue weighted by Crippen LogP contribution is -2.23. The molecule has 0 radical (unpaired) electrons. The lowest BCUT2D eigenvalue weighted by Gasteiger charge is -2.17. The molecule has 0 unspecified atom stereocenters. The van der Waals surface area contributed by atoms with Crippen LogP contribution in [0.3, 0.4) is 0 Å². The Balaban J connectivity index is 3.49. The van der Waals surface area contributed by atoms with Crippen LogP contribution in [-0.2, 0) is 0 Å². The Hall–Kier alpha value is -0.460. The van der Waals surface area contributed by atoms with Crippen LogP contribution < -0.4 is 0 Å². The number of alkyl halides is 6. The fraction of sp³-hybridized carbons (Fsp3) is 1.00. The van der Waals surface area contributed by atoms with Gasteiger partial charge in [0.05, 0.1) is 0 Å². The standard InChI is InChI=1S/C9H15F6N/c1-16(6-2-4-8(10,11)12)7-3-5-9(13,14)15/h2-7H2,1H3. The van der Waals surface area contributed by atoms with E-state index in [1.165, 1.54) is 11.9 Å². The van der Waals surface area contributed by atoms with Crippen molar-refractivity contribution in [3.63, 3.8) is 0 Å². The van der Waals surface area contributed by atoms with Gasteiger partial charge in [-0.25, -0.2) is 0 Å². The molecule has 0 heterocycles. The number of rotatable bonds is 6. The highest BCUT2D eigenvalue weighted by atomic mass is 19.4. The summed E-state index contributed by atoms with van der Waals surface area (Å²) in [5, 5.41) is 0. The zero-order chi connectivity index (χ0) is 12.8. The third kappa shape index (κ3) is 11.6. The van der Waals surface area contributed by atoms with Crippen molar-refractivity contribution >= 4 is 0 Å². The van der Waals surface area contributed by atoms with Crippen LogP contribution in [0, 0.1) is 0 Å². The van der Waals surface area contributed by atoms with Crippen LogP contribution in [0.4, 0.5) is 26.3 Å². The molecule has 0 spiro atoms. The molecule has 0 fully saturated rings. The molecule has 0 aromatic rings. The Morgan fingerprint density at radius 1 is 0.750 bits per heavy atom. The molecule has 0 aliphatic heterocycles. The molecule has 0 aliphatic carbocycles. The summed E-state index contributed by atoms with van der Waals surface area (Å²) in [6.45, 7) is 0.328. The summed E-state index contributed by atoms with van der Waals surface area (Å²) in [5.74, 6) is 0. The molecule has 0 saturated heterocycles. The molecule has 0 bridgehead atoms. The predicted octanol–water partition coefficient (Wildman–Crippen LogP) is 3.60. The maximum Gasteiger partial charge on any atom is 0.389 e. The van der Waals surface area contributed by atoms with E-state index in [9.17, 15) is 26.3 Å². The fourth-order valence-corrected chi connectivity index (χ4v) is 1.21. The van der Waals surface area contributed by atoms with Crippen molar-refractivity contribution in [1.29, 1.82) is 0 Å². The largest absolute Gasteiger partial charge is 0.389 e. The van der Waals surface area contributed by atoms with Crippen molar-refractivity contribution in [2.45, 2.75) is 38.0 Å².